The number of carbonyl (C=O) groups excluding carboxylic acids is 2. The summed E-state index contributed by atoms with van der Waals surface area (Å²) in [6.45, 7) is 0. The largest absolute Gasteiger partial charge is 0.464 e. The lowest BCUT2D eigenvalue weighted by Crippen LogP contribution is -2.08. The molecule has 2 heterocycles. The van der Waals surface area contributed by atoms with Gasteiger partial charge < -0.3 is 9.47 Å². The molecule has 138 valence electrons. The molecule has 2 aromatic carbocycles. The number of hydrogen-bond donors (Lipinski definition) is 0. The van der Waals surface area contributed by atoms with Gasteiger partial charge >= 0.3 is 11.9 Å². The zero-order valence-electron chi connectivity index (χ0n) is 15.3. The van der Waals surface area contributed by atoms with Crippen molar-refractivity contribution in [2.75, 3.05) is 14.2 Å². The van der Waals surface area contributed by atoms with E-state index in [-0.39, 0.29) is 11.4 Å². The van der Waals surface area contributed by atoms with Gasteiger partial charge in [-0.3, -0.25) is 0 Å². The molecule has 0 bridgehead atoms. The topological polar surface area (TPSA) is 78.4 Å². The third kappa shape index (κ3) is 2.95. The van der Waals surface area contributed by atoms with Gasteiger partial charge in [0, 0.05) is 10.8 Å². The van der Waals surface area contributed by atoms with Crippen LogP contribution in [0.5, 0.6) is 0 Å². The van der Waals surface area contributed by atoms with E-state index in [9.17, 15) is 9.59 Å². The molecule has 0 spiro atoms. The van der Waals surface area contributed by atoms with Crippen molar-refractivity contribution in [3.8, 4) is 11.4 Å². The van der Waals surface area contributed by atoms with Crippen LogP contribution in [-0.4, -0.2) is 36.1 Å². The Morgan fingerprint density at radius 1 is 0.679 bits per heavy atom. The van der Waals surface area contributed by atoms with Crippen LogP contribution >= 0.6 is 0 Å². The third-order valence-electron chi connectivity index (χ3n) is 4.49. The van der Waals surface area contributed by atoms with Crippen molar-refractivity contribution >= 4 is 33.5 Å². The number of esters is 2. The molecule has 4 rings (SSSR count). The molecule has 0 N–H and O–H groups in total. The fourth-order valence-electron chi connectivity index (χ4n) is 3.18. The van der Waals surface area contributed by atoms with Crippen molar-refractivity contribution in [1.82, 2.24) is 9.97 Å². The first kappa shape index (κ1) is 17.6. The number of methoxy groups -OCH3 is 2. The highest BCUT2D eigenvalue weighted by atomic mass is 16.5. The fraction of sp³-hybridized carbons (Fsp3) is 0.0909. The Hall–Kier alpha value is -3.80. The van der Waals surface area contributed by atoms with Gasteiger partial charge in [-0.15, -0.1) is 0 Å². The smallest absolute Gasteiger partial charge is 0.356 e. The van der Waals surface area contributed by atoms with Crippen molar-refractivity contribution in [1.29, 1.82) is 0 Å². The van der Waals surface area contributed by atoms with Gasteiger partial charge in [0.2, 0.25) is 0 Å². The minimum absolute atomic E-state index is 0.172. The summed E-state index contributed by atoms with van der Waals surface area (Å²) in [5, 5.41) is 3.27. The average Bonchev–Trinajstić information content (AvgIpc) is 2.76. The first-order valence-corrected chi connectivity index (χ1v) is 8.59. The summed E-state index contributed by atoms with van der Waals surface area (Å²) >= 11 is 0. The predicted octanol–water partition coefficient (Wildman–Crippen LogP) is 4.02. The molecular weight excluding hydrogens is 356 g/mol. The molecule has 0 aliphatic heterocycles. The maximum Gasteiger partial charge on any atom is 0.356 e. The Labute approximate surface area is 160 Å². The molecule has 0 saturated carbocycles. The number of aromatic nitrogens is 2. The minimum Gasteiger partial charge on any atom is -0.464 e. The van der Waals surface area contributed by atoms with Crippen molar-refractivity contribution in [2.24, 2.45) is 0 Å². The second-order valence-corrected chi connectivity index (χ2v) is 6.14. The Balaban J connectivity index is 2.11. The molecular formula is C22H16N2O4. The van der Waals surface area contributed by atoms with E-state index in [4.69, 9.17) is 9.47 Å². The van der Waals surface area contributed by atoms with E-state index in [0.717, 1.165) is 21.5 Å². The summed E-state index contributed by atoms with van der Waals surface area (Å²) in [6.07, 6.45) is 0. The van der Waals surface area contributed by atoms with Crippen molar-refractivity contribution < 1.29 is 19.1 Å². The summed E-state index contributed by atoms with van der Waals surface area (Å²) in [6, 6.07) is 18.5. The van der Waals surface area contributed by atoms with Gasteiger partial charge in [0.05, 0.1) is 25.6 Å². The van der Waals surface area contributed by atoms with Crippen LogP contribution in [0, 0.1) is 0 Å². The molecule has 0 fully saturated rings. The summed E-state index contributed by atoms with van der Waals surface area (Å²) in [5.41, 5.74) is 1.34. The minimum atomic E-state index is -0.541. The zero-order valence-corrected chi connectivity index (χ0v) is 15.3. The van der Waals surface area contributed by atoms with Gasteiger partial charge in [-0.05, 0) is 22.9 Å². The Kier molecular flexibility index (Phi) is 4.45. The number of pyridine rings is 2. The number of nitrogens with zero attached hydrogens (tertiary/aromatic N) is 2. The van der Waals surface area contributed by atoms with Gasteiger partial charge in [-0.25, -0.2) is 19.6 Å². The first-order chi connectivity index (χ1) is 13.6. The molecule has 0 saturated heterocycles. The molecule has 0 unspecified atom stereocenters. The van der Waals surface area contributed by atoms with E-state index in [1.165, 1.54) is 14.2 Å². The van der Waals surface area contributed by atoms with Crippen LogP contribution in [-0.2, 0) is 9.47 Å². The number of hydrogen-bond acceptors (Lipinski definition) is 6. The molecule has 0 amide bonds. The molecule has 4 aromatic rings. The molecule has 0 aliphatic carbocycles. The number of benzene rings is 2. The predicted molar refractivity (Wildman–Crippen MR) is 105 cm³/mol. The first-order valence-electron chi connectivity index (χ1n) is 8.59. The Morgan fingerprint density at radius 2 is 1.07 bits per heavy atom. The van der Waals surface area contributed by atoms with Gasteiger partial charge in [0.15, 0.2) is 0 Å². The second kappa shape index (κ2) is 7.08. The highest BCUT2D eigenvalue weighted by Crippen LogP contribution is 2.32. The maximum atomic E-state index is 12.1. The van der Waals surface area contributed by atoms with Gasteiger partial charge in [-0.2, -0.15) is 0 Å². The van der Waals surface area contributed by atoms with Crippen LogP contribution in [0.3, 0.4) is 0 Å². The van der Waals surface area contributed by atoms with Crippen LogP contribution in [0.4, 0.5) is 0 Å². The number of fused-ring (bicyclic) bond motifs is 2. The van der Waals surface area contributed by atoms with E-state index in [2.05, 4.69) is 9.97 Å². The zero-order chi connectivity index (χ0) is 19.7. The van der Waals surface area contributed by atoms with Crippen LogP contribution < -0.4 is 0 Å². The average molecular weight is 372 g/mol. The quantitative estimate of drug-likeness (QED) is 0.506. The summed E-state index contributed by atoms with van der Waals surface area (Å²) < 4.78 is 9.69. The van der Waals surface area contributed by atoms with Crippen LogP contribution in [0.25, 0.3) is 32.9 Å². The van der Waals surface area contributed by atoms with Crippen molar-refractivity contribution in [3.05, 3.63) is 72.1 Å². The van der Waals surface area contributed by atoms with Crippen molar-refractivity contribution in [3.63, 3.8) is 0 Å². The summed E-state index contributed by atoms with van der Waals surface area (Å²) in [4.78, 5) is 33.4. The Morgan fingerprint density at radius 3 is 1.46 bits per heavy atom. The molecule has 0 atom stereocenters. The van der Waals surface area contributed by atoms with Gasteiger partial charge in [0.1, 0.15) is 11.4 Å². The number of rotatable bonds is 3. The molecule has 2 aromatic heterocycles. The second-order valence-electron chi connectivity index (χ2n) is 6.14. The standard InChI is InChI=1S/C22H16N2O4/c1-27-21(25)17-11-13-7-3-5-9-15(13)19(23-17)20-16-10-6-4-8-14(16)12-18(24-20)22(26)28-2/h3-12H,1-2H3. The fourth-order valence-corrected chi connectivity index (χ4v) is 3.18. The van der Waals surface area contributed by atoms with E-state index >= 15 is 0 Å². The summed E-state index contributed by atoms with van der Waals surface area (Å²) in [7, 11) is 2.62. The molecule has 6 nitrogen and oxygen atoms in total. The highest BCUT2D eigenvalue weighted by molar-refractivity contribution is 6.06. The number of ether oxygens (including phenoxy) is 2. The van der Waals surface area contributed by atoms with Gasteiger partial charge in [0.25, 0.3) is 0 Å². The van der Waals surface area contributed by atoms with Crippen LogP contribution in [0.2, 0.25) is 0 Å². The SMILES string of the molecule is COC(=O)c1cc2ccccc2c(-c2nc(C(=O)OC)cc3ccccc23)n1. The lowest BCUT2D eigenvalue weighted by atomic mass is 10.0. The van der Waals surface area contributed by atoms with Gasteiger partial charge in [-0.1, -0.05) is 48.5 Å². The molecule has 0 radical (unpaired) electrons. The van der Waals surface area contributed by atoms with Crippen molar-refractivity contribution in [2.45, 2.75) is 0 Å². The Bertz CT molecular complexity index is 1140. The summed E-state index contributed by atoms with van der Waals surface area (Å²) in [5.74, 6) is -1.08. The van der Waals surface area contributed by atoms with E-state index < -0.39 is 11.9 Å². The van der Waals surface area contributed by atoms with Crippen LogP contribution in [0.1, 0.15) is 21.0 Å². The lowest BCUT2D eigenvalue weighted by Gasteiger charge is -2.12. The van der Waals surface area contributed by atoms with E-state index in [1.54, 1.807) is 12.1 Å². The van der Waals surface area contributed by atoms with E-state index in [0.29, 0.717) is 11.4 Å². The van der Waals surface area contributed by atoms with Crippen LogP contribution in [0.15, 0.2) is 60.7 Å². The highest BCUT2D eigenvalue weighted by Gasteiger charge is 2.19. The molecule has 6 heteroatoms. The normalized spacial score (nSPS) is 10.8. The molecule has 0 aliphatic rings. The third-order valence-corrected chi connectivity index (χ3v) is 4.49. The van der Waals surface area contributed by atoms with E-state index in [1.807, 2.05) is 48.5 Å². The molecule has 28 heavy (non-hydrogen) atoms. The maximum absolute atomic E-state index is 12.1. The monoisotopic (exact) mass is 372 g/mol. The number of carbonyl (C=O) groups is 2. The lowest BCUT2D eigenvalue weighted by molar-refractivity contribution is 0.0585.